The van der Waals surface area contributed by atoms with Crippen LogP contribution in [0, 0.1) is 5.92 Å². The van der Waals surface area contributed by atoms with Gasteiger partial charge in [0.1, 0.15) is 11.3 Å². The molecule has 1 unspecified atom stereocenters. The van der Waals surface area contributed by atoms with Crippen molar-refractivity contribution in [3.8, 4) is 0 Å². The minimum atomic E-state index is -0.813. The van der Waals surface area contributed by atoms with Gasteiger partial charge in [0.05, 0.1) is 10.4 Å². The van der Waals surface area contributed by atoms with Crippen molar-refractivity contribution in [3.63, 3.8) is 0 Å². The molecule has 1 heterocycles. The minimum absolute atomic E-state index is 0.393. The third-order valence-electron chi connectivity index (χ3n) is 2.51. The maximum Gasteiger partial charge on any atom is 0.306 e. The zero-order valence-corrected chi connectivity index (χ0v) is 10.3. The molecule has 0 spiro atoms. The average molecular weight is 283 g/mol. The summed E-state index contributed by atoms with van der Waals surface area (Å²) in [6, 6.07) is 7.63. The van der Waals surface area contributed by atoms with Gasteiger partial charge >= 0.3 is 5.97 Å². The third kappa shape index (κ3) is 1.97. The van der Waals surface area contributed by atoms with Gasteiger partial charge in [0, 0.05) is 11.8 Å². The van der Waals surface area contributed by atoms with Gasteiger partial charge in [-0.3, -0.25) is 4.79 Å². The molecule has 0 radical (unpaired) electrons. The summed E-state index contributed by atoms with van der Waals surface area (Å²) >= 11 is 3.44. The number of fused-ring (bicyclic) bond motifs is 1. The topological polar surface area (TPSA) is 50.4 Å². The highest BCUT2D eigenvalue weighted by atomic mass is 79.9. The van der Waals surface area contributed by atoms with Crippen molar-refractivity contribution in [2.24, 2.45) is 5.92 Å². The molecule has 16 heavy (non-hydrogen) atoms. The van der Waals surface area contributed by atoms with Gasteiger partial charge in [0.25, 0.3) is 0 Å². The van der Waals surface area contributed by atoms with Crippen LogP contribution in [-0.4, -0.2) is 11.1 Å². The highest BCUT2D eigenvalue weighted by Gasteiger charge is 2.18. The summed E-state index contributed by atoms with van der Waals surface area (Å²) in [6.07, 6.45) is 0.393. The van der Waals surface area contributed by atoms with Crippen LogP contribution in [0.2, 0.25) is 0 Å². The molecule has 1 aromatic carbocycles. The normalized spacial score (nSPS) is 12.9. The molecule has 84 valence electrons. The number of hydrogen-bond donors (Lipinski definition) is 1. The van der Waals surface area contributed by atoms with E-state index < -0.39 is 11.9 Å². The number of carbonyl (C=O) groups is 1. The van der Waals surface area contributed by atoms with Crippen LogP contribution < -0.4 is 0 Å². The van der Waals surface area contributed by atoms with E-state index in [0.29, 0.717) is 12.2 Å². The highest BCUT2D eigenvalue weighted by molar-refractivity contribution is 9.10. The lowest BCUT2D eigenvalue weighted by Crippen LogP contribution is -2.11. The van der Waals surface area contributed by atoms with Crippen molar-refractivity contribution < 1.29 is 14.3 Å². The molecular weight excluding hydrogens is 272 g/mol. The van der Waals surface area contributed by atoms with Gasteiger partial charge in [0.2, 0.25) is 0 Å². The molecule has 1 N–H and O–H groups in total. The summed E-state index contributed by atoms with van der Waals surface area (Å²) in [7, 11) is 0. The summed E-state index contributed by atoms with van der Waals surface area (Å²) in [5.74, 6) is -0.569. The lowest BCUT2D eigenvalue weighted by molar-refractivity contribution is -0.141. The van der Waals surface area contributed by atoms with E-state index in [2.05, 4.69) is 15.9 Å². The van der Waals surface area contributed by atoms with Gasteiger partial charge in [-0.1, -0.05) is 19.1 Å². The summed E-state index contributed by atoms with van der Waals surface area (Å²) in [4.78, 5) is 10.8. The zero-order valence-electron chi connectivity index (χ0n) is 8.74. The van der Waals surface area contributed by atoms with E-state index in [1.165, 1.54) is 0 Å². The Hall–Kier alpha value is -1.29. The standard InChI is InChI=1S/C12H11BrO3/c1-7(12(14)15)6-10-11(13)8-4-2-3-5-9(8)16-10/h2-5,7H,6H2,1H3,(H,14,15). The number of benzene rings is 1. The molecule has 1 atom stereocenters. The molecule has 0 aliphatic carbocycles. The predicted molar refractivity (Wildman–Crippen MR) is 64.4 cm³/mol. The zero-order chi connectivity index (χ0) is 11.7. The average Bonchev–Trinajstić information content (AvgIpc) is 2.56. The van der Waals surface area contributed by atoms with Gasteiger partial charge in [-0.2, -0.15) is 0 Å². The first-order valence-electron chi connectivity index (χ1n) is 4.98. The SMILES string of the molecule is CC(Cc1oc2ccccc2c1Br)C(=O)O. The fraction of sp³-hybridized carbons (Fsp3) is 0.250. The van der Waals surface area contributed by atoms with E-state index >= 15 is 0 Å². The van der Waals surface area contributed by atoms with Crippen molar-refractivity contribution >= 4 is 32.9 Å². The number of para-hydroxylation sites is 1. The monoisotopic (exact) mass is 282 g/mol. The second-order valence-electron chi connectivity index (χ2n) is 3.78. The number of rotatable bonds is 3. The second-order valence-corrected chi connectivity index (χ2v) is 4.57. The highest BCUT2D eigenvalue weighted by Crippen LogP contribution is 2.32. The third-order valence-corrected chi connectivity index (χ3v) is 3.38. The smallest absolute Gasteiger partial charge is 0.306 e. The predicted octanol–water partition coefficient (Wildman–Crippen LogP) is 3.46. The van der Waals surface area contributed by atoms with E-state index in [9.17, 15) is 4.79 Å². The fourth-order valence-corrected chi connectivity index (χ4v) is 2.13. The van der Waals surface area contributed by atoms with Crippen LogP contribution in [-0.2, 0) is 11.2 Å². The van der Waals surface area contributed by atoms with E-state index in [-0.39, 0.29) is 0 Å². The number of halogens is 1. The fourth-order valence-electron chi connectivity index (χ4n) is 1.56. The van der Waals surface area contributed by atoms with E-state index in [0.717, 1.165) is 15.4 Å². The van der Waals surface area contributed by atoms with E-state index in [1.807, 2.05) is 24.3 Å². The number of hydrogen-bond acceptors (Lipinski definition) is 2. The van der Waals surface area contributed by atoms with E-state index in [1.54, 1.807) is 6.92 Å². The molecule has 3 nitrogen and oxygen atoms in total. The van der Waals surface area contributed by atoms with Crippen LogP contribution >= 0.6 is 15.9 Å². The van der Waals surface area contributed by atoms with Crippen LogP contribution in [0.5, 0.6) is 0 Å². The Morgan fingerprint density at radius 2 is 2.19 bits per heavy atom. The molecule has 0 aliphatic heterocycles. The van der Waals surface area contributed by atoms with Crippen molar-refractivity contribution in [1.82, 2.24) is 0 Å². The minimum Gasteiger partial charge on any atom is -0.481 e. The molecule has 1 aromatic heterocycles. The van der Waals surface area contributed by atoms with E-state index in [4.69, 9.17) is 9.52 Å². The summed E-state index contributed by atoms with van der Waals surface area (Å²) in [5.41, 5.74) is 0.780. The van der Waals surface area contributed by atoms with Crippen molar-refractivity contribution in [2.45, 2.75) is 13.3 Å². The van der Waals surface area contributed by atoms with Crippen molar-refractivity contribution in [3.05, 3.63) is 34.5 Å². The van der Waals surface area contributed by atoms with Gasteiger partial charge in [0.15, 0.2) is 0 Å². The molecule has 0 saturated heterocycles. The van der Waals surface area contributed by atoms with Gasteiger partial charge in [-0.15, -0.1) is 0 Å². The van der Waals surface area contributed by atoms with Crippen LogP contribution in [0.3, 0.4) is 0 Å². The Morgan fingerprint density at radius 3 is 2.81 bits per heavy atom. The number of carboxylic acid groups (broad SMARTS) is 1. The van der Waals surface area contributed by atoms with Crippen LogP contribution in [0.25, 0.3) is 11.0 Å². The van der Waals surface area contributed by atoms with Gasteiger partial charge in [-0.05, 0) is 28.1 Å². The first-order chi connectivity index (χ1) is 7.59. The lowest BCUT2D eigenvalue weighted by Gasteiger charge is -2.02. The number of carboxylic acids is 1. The van der Waals surface area contributed by atoms with Gasteiger partial charge < -0.3 is 9.52 Å². The molecule has 0 aliphatic rings. The van der Waals surface area contributed by atoms with Crippen molar-refractivity contribution in [1.29, 1.82) is 0 Å². The van der Waals surface area contributed by atoms with Crippen LogP contribution in [0.15, 0.2) is 33.2 Å². The summed E-state index contributed by atoms with van der Waals surface area (Å²) in [6.45, 7) is 1.67. The Morgan fingerprint density at radius 1 is 1.50 bits per heavy atom. The summed E-state index contributed by atoms with van der Waals surface area (Å²) in [5, 5.41) is 9.83. The Bertz CT molecular complexity index is 530. The molecule has 4 heteroatoms. The Kier molecular flexibility index (Phi) is 3.01. The molecule has 0 bridgehead atoms. The lowest BCUT2D eigenvalue weighted by atomic mass is 10.1. The Labute approximate surface area is 101 Å². The first kappa shape index (κ1) is 11.2. The molecule has 0 amide bonds. The van der Waals surface area contributed by atoms with Gasteiger partial charge in [-0.25, -0.2) is 0 Å². The Balaban J connectivity index is 2.38. The second kappa shape index (κ2) is 4.29. The molecule has 2 rings (SSSR count). The largest absolute Gasteiger partial charge is 0.481 e. The molecule has 2 aromatic rings. The first-order valence-corrected chi connectivity index (χ1v) is 5.77. The quantitative estimate of drug-likeness (QED) is 0.938. The van der Waals surface area contributed by atoms with Crippen LogP contribution in [0.1, 0.15) is 12.7 Å². The summed E-state index contributed by atoms with van der Waals surface area (Å²) < 4.78 is 6.47. The van der Waals surface area contributed by atoms with Crippen molar-refractivity contribution in [2.75, 3.05) is 0 Å². The van der Waals surface area contributed by atoms with Crippen LogP contribution in [0.4, 0.5) is 0 Å². The number of aliphatic carboxylic acids is 1. The molecule has 0 saturated carbocycles. The number of furan rings is 1. The maximum atomic E-state index is 10.8. The maximum absolute atomic E-state index is 10.8. The molecule has 0 fully saturated rings. The molecular formula is C12H11BrO3.